The minimum Gasteiger partial charge on any atom is -0.298 e. The molecule has 0 spiro atoms. The van der Waals surface area contributed by atoms with Crippen molar-refractivity contribution in [2.75, 3.05) is 0 Å². The second-order valence-electron chi connectivity index (χ2n) is 5.64. The molecule has 1 aromatic carbocycles. The predicted molar refractivity (Wildman–Crippen MR) is 80.6 cm³/mol. The third-order valence-corrected chi connectivity index (χ3v) is 4.54. The average Bonchev–Trinajstić information content (AvgIpc) is 2.42. The van der Waals surface area contributed by atoms with Crippen LogP contribution in [-0.4, -0.2) is 5.78 Å². The number of nitrogens with zero attached hydrogens (tertiary/aromatic N) is 1. The van der Waals surface area contributed by atoms with Gasteiger partial charge in [-0.1, -0.05) is 49.8 Å². The predicted octanol–water partition coefficient (Wildman–Crippen LogP) is 5.02. The van der Waals surface area contributed by atoms with Crippen LogP contribution in [0.15, 0.2) is 18.2 Å². The molecule has 1 aliphatic rings. The molecule has 1 fully saturated rings. The molecular weight excluding hydrogens is 289 g/mol. The summed E-state index contributed by atoms with van der Waals surface area (Å²) >= 11 is 6.00. The van der Waals surface area contributed by atoms with Crippen LogP contribution < -0.4 is 0 Å². The topological polar surface area (TPSA) is 40.9 Å². The number of nitriles is 1. The number of Topliss-reactive ketones (excluding diaryl/α,β-unsaturated/α-hetero) is 1. The average molecular weight is 308 g/mol. The van der Waals surface area contributed by atoms with Crippen LogP contribution in [-0.2, 0) is 4.79 Å². The zero-order valence-corrected chi connectivity index (χ0v) is 12.7. The van der Waals surface area contributed by atoms with Crippen molar-refractivity contribution in [1.29, 1.82) is 5.26 Å². The van der Waals surface area contributed by atoms with Gasteiger partial charge in [0, 0.05) is 16.5 Å². The Morgan fingerprint density at radius 2 is 1.86 bits per heavy atom. The number of hydrogen-bond donors (Lipinski definition) is 0. The first kappa shape index (κ1) is 16.0. The van der Waals surface area contributed by atoms with E-state index in [2.05, 4.69) is 0 Å². The van der Waals surface area contributed by atoms with Gasteiger partial charge in [-0.15, -0.1) is 0 Å². The zero-order chi connectivity index (χ0) is 15.2. The molecule has 0 heterocycles. The van der Waals surface area contributed by atoms with E-state index in [1.54, 1.807) is 0 Å². The fraction of sp³-hybridized carbons (Fsp3) is 0.529. The maximum atomic E-state index is 14.0. The second-order valence-corrected chi connectivity index (χ2v) is 6.05. The molecule has 0 saturated heterocycles. The molecule has 1 aromatic rings. The van der Waals surface area contributed by atoms with Gasteiger partial charge in [0.05, 0.1) is 6.07 Å². The lowest BCUT2D eigenvalue weighted by atomic mass is 9.81. The number of ketones is 1. The highest BCUT2D eigenvalue weighted by atomic mass is 35.5. The highest BCUT2D eigenvalue weighted by Gasteiger charge is 2.31. The van der Waals surface area contributed by atoms with Gasteiger partial charge < -0.3 is 0 Å². The maximum Gasteiger partial charge on any atom is 0.157 e. The van der Waals surface area contributed by atoms with Crippen molar-refractivity contribution >= 4 is 17.4 Å². The van der Waals surface area contributed by atoms with Crippen LogP contribution in [0.2, 0.25) is 5.02 Å². The van der Waals surface area contributed by atoms with E-state index >= 15 is 0 Å². The van der Waals surface area contributed by atoms with Crippen LogP contribution in [0.1, 0.15) is 56.4 Å². The molecule has 21 heavy (non-hydrogen) atoms. The maximum absolute atomic E-state index is 14.0. The fourth-order valence-corrected chi connectivity index (χ4v) is 3.31. The summed E-state index contributed by atoms with van der Waals surface area (Å²) < 4.78 is 14.0. The smallest absolute Gasteiger partial charge is 0.157 e. The first-order valence-corrected chi connectivity index (χ1v) is 7.90. The number of benzene rings is 1. The van der Waals surface area contributed by atoms with Crippen molar-refractivity contribution in [3.63, 3.8) is 0 Å². The summed E-state index contributed by atoms with van der Waals surface area (Å²) in [5.41, 5.74) is 0.0359. The fourth-order valence-electron chi connectivity index (χ4n) is 3.03. The monoisotopic (exact) mass is 307 g/mol. The Morgan fingerprint density at radius 1 is 1.24 bits per heavy atom. The lowest BCUT2D eigenvalue weighted by molar-refractivity contribution is -0.123. The highest BCUT2D eigenvalue weighted by molar-refractivity contribution is 6.31. The number of carbonyl (C=O) groups is 1. The number of hydrogen-bond acceptors (Lipinski definition) is 2. The molecule has 2 nitrogen and oxygen atoms in total. The molecule has 1 saturated carbocycles. The number of halogens is 2. The first-order chi connectivity index (χ1) is 10.1. The van der Waals surface area contributed by atoms with Crippen molar-refractivity contribution in [2.24, 2.45) is 5.92 Å². The Balaban J connectivity index is 2.24. The highest BCUT2D eigenvalue weighted by Crippen LogP contribution is 2.33. The van der Waals surface area contributed by atoms with Crippen LogP contribution in [0.5, 0.6) is 0 Å². The molecular formula is C17H19ClFNO. The van der Waals surface area contributed by atoms with Crippen molar-refractivity contribution in [3.05, 3.63) is 34.6 Å². The summed E-state index contributed by atoms with van der Waals surface area (Å²) in [6, 6.07) is 6.21. The molecule has 2 rings (SSSR count). The number of carbonyl (C=O) groups excluding carboxylic acids is 1. The molecule has 0 N–H and O–H groups in total. The Bertz CT molecular complexity index is 524. The van der Waals surface area contributed by atoms with E-state index in [1.165, 1.54) is 24.6 Å². The molecule has 1 aliphatic carbocycles. The molecule has 1 unspecified atom stereocenters. The van der Waals surface area contributed by atoms with Gasteiger partial charge in [0.25, 0.3) is 0 Å². The summed E-state index contributed by atoms with van der Waals surface area (Å²) in [7, 11) is 0. The van der Waals surface area contributed by atoms with E-state index in [4.69, 9.17) is 11.6 Å². The van der Waals surface area contributed by atoms with E-state index in [1.807, 2.05) is 6.07 Å². The summed E-state index contributed by atoms with van der Waals surface area (Å²) in [5, 5.41) is 9.51. The second kappa shape index (κ2) is 7.56. The minimum atomic E-state index is -1.09. The van der Waals surface area contributed by atoms with E-state index in [9.17, 15) is 14.4 Å². The van der Waals surface area contributed by atoms with Crippen LogP contribution in [0.4, 0.5) is 4.39 Å². The Hall–Kier alpha value is -1.40. The van der Waals surface area contributed by atoms with E-state index < -0.39 is 11.7 Å². The van der Waals surface area contributed by atoms with Gasteiger partial charge in [0.15, 0.2) is 5.78 Å². The van der Waals surface area contributed by atoms with Crippen LogP contribution in [0.3, 0.4) is 0 Å². The van der Waals surface area contributed by atoms with Gasteiger partial charge in [-0.05, 0) is 25.0 Å². The van der Waals surface area contributed by atoms with E-state index in [-0.39, 0.29) is 22.3 Å². The van der Waals surface area contributed by atoms with Crippen LogP contribution in [0, 0.1) is 23.1 Å². The van der Waals surface area contributed by atoms with Crippen LogP contribution >= 0.6 is 11.6 Å². The third-order valence-electron chi connectivity index (χ3n) is 4.21. The first-order valence-electron chi connectivity index (χ1n) is 7.52. The molecule has 0 aliphatic heterocycles. The molecule has 112 valence electrons. The summed E-state index contributed by atoms with van der Waals surface area (Å²) in [4.78, 5) is 12.7. The molecule has 1 atom stereocenters. The molecule has 4 heteroatoms. The Morgan fingerprint density at radius 3 is 2.43 bits per heavy atom. The van der Waals surface area contributed by atoms with Crippen molar-refractivity contribution in [3.8, 4) is 6.07 Å². The number of rotatable bonds is 3. The van der Waals surface area contributed by atoms with E-state index in [0.717, 1.165) is 38.5 Å². The Labute approximate surface area is 129 Å². The van der Waals surface area contributed by atoms with Gasteiger partial charge >= 0.3 is 0 Å². The standard InChI is InChI=1S/C17H19ClFNO/c18-14-9-6-10-15(19)16(14)13(11-20)17(21)12-7-4-2-1-3-5-8-12/h6,9-10,12-13H,1-5,7-8H2. The van der Waals surface area contributed by atoms with Crippen molar-refractivity contribution < 1.29 is 9.18 Å². The summed E-state index contributed by atoms with van der Waals surface area (Å²) in [6.07, 6.45) is 7.05. The third kappa shape index (κ3) is 3.83. The molecule has 0 bridgehead atoms. The Kier molecular flexibility index (Phi) is 5.76. The van der Waals surface area contributed by atoms with Gasteiger partial charge in [-0.3, -0.25) is 4.79 Å². The zero-order valence-electron chi connectivity index (χ0n) is 11.9. The van der Waals surface area contributed by atoms with Crippen molar-refractivity contribution in [2.45, 2.75) is 50.9 Å². The SMILES string of the molecule is N#CC(C(=O)C1CCCCCCC1)c1c(F)cccc1Cl. The largest absolute Gasteiger partial charge is 0.298 e. The molecule has 0 amide bonds. The van der Waals surface area contributed by atoms with Crippen LogP contribution in [0.25, 0.3) is 0 Å². The van der Waals surface area contributed by atoms with Gasteiger partial charge in [0.2, 0.25) is 0 Å². The van der Waals surface area contributed by atoms with Gasteiger partial charge in [-0.25, -0.2) is 4.39 Å². The van der Waals surface area contributed by atoms with Crippen molar-refractivity contribution in [1.82, 2.24) is 0 Å². The van der Waals surface area contributed by atoms with E-state index in [0.29, 0.717) is 0 Å². The lowest BCUT2D eigenvalue weighted by Crippen LogP contribution is -2.23. The normalized spacial score (nSPS) is 18.3. The van der Waals surface area contributed by atoms with Gasteiger partial charge in [0.1, 0.15) is 11.7 Å². The summed E-state index contributed by atoms with van der Waals surface area (Å²) in [5.74, 6) is -1.99. The quantitative estimate of drug-likeness (QED) is 0.787. The molecule has 0 aromatic heterocycles. The minimum absolute atomic E-state index is 0.0359. The summed E-state index contributed by atoms with van der Waals surface area (Å²) in [6.45, 7) is 0. The lowest BCUT2D eigenvalue weighted by Gasteiger charge is -2.21. The molecule has 0 radical (unpaired) electrons. The van der Waals surface area contributed by atoms with Gasteiger partial charge in [-0.2, -0.15) is 5.26 Å².